The lowest BCUT2D eigenvalue weighted by Gasteiger charge is -2.43. The fourth-order valence-electron chi connectivity index (χ4n) is 5.54. The van der Waals surface area contributed by atoms with Crippen molar-refractivity contribution in [3.63, 3.8) is 0 Å². The summed E-state index contributed by atoms with van der Waals surface area (Å²) in [6.07, 6.45) is 2.73. The zero-order valence-electron chi connectivity index (χ0n) is 20.5. The summed E-state index contributed by atoms with van der Waals surface area (Å²) in [6.45, 7) is 6.40. The van der Waals surface area contributed by atoms with Gasteiger partial charge in [-0.1, -0.05) is 13.8 Å². The highest BCUT2D eigenvalue weighted by molar-refractivity contribution is 5.94. The number of hydrogen-bond acceptors (Lipinski definition) is 5. The number of methoxy groups -OCH3 is 2. The molecule has 0 aliphatic heterocycles. The molecular weight excluding hydrogens is 451 g/mol. The molecule has 1 aliphatic carbocycles. The number of ether oxygens (including phenoxy) is 2. The second-order valence-corrected chi connectivity index (χ2v) is 10.4. The molecule has 0 bridgehead atoms. The van der Waals surface area contributed by atoms with Crippen LogP contribution in [-0.4, -0.2) is 51.7 Å². The third kappa shape index (κ3) is 3.56. The molecule has 3 heterocycles. The average Bonchev–Trinajstić information content (AvgIpc) is 3.37. The van der Waals surface area contributed by atoms with Gasteiger partial charge in [0.05, 0.1) is 36.4 Å². The highest BCUT2D eigenvalue weighted by Crippen LogP contribution is 2.55. The maximum absolute atomic E-state index is 14.3. The van der Waals surface area contributed by atoms with E-state index in [4.69, 9.17) is 14.5 Å². The molecule has 1 aliphatic rings. The predicted molar refractivity (Wildman–Crippen MR) is 130 cm³/mol. The lowest BCUT2D eigenvalue weighted by Crippen LogP contribution is -2.41. The number of pyridine rings is 1. The Morgan fingerprint density at radius 1 is 1.31 bits per heavy atom. The quantitative estimate of drug-likeness (QED) is 0.388. The van der Waals surface area contributed by atoms with Crippen molar-refractivity contribution in [1.29, 1.82) is 0 Å². The molecule has 0 spiro atoms. The lowest BCUT2D eigenvalue weighted by atomic mass is 9.60. The van der Waals surface area contributed by atoms with Gasteiger partial charge in [0.15, 0.2) is 17.2 Å². The van der Waals surface area contributed by atoms with E-state index in [9.17, 15) is 14.3 Å². The van der Waals surface area contributed by atoms with Crippen molar-refractivity contribution in [2.45, 2.75) is 44.9 Å². The van der Waals surface area contributed by atoms with Gasteiger partial charge in [0.2, 0.25) is 0 Å². The van der Waals surface area contributed by atoms with E-state index in [1.54, 1.807) is 32.4 Å². The van der Waals surface area contributed by atoms with Gasteiger partial charge >= 0.3 is 5.97 Å². The van der Waals surface area contributed by atoms with Crippen LogP contribution in [0.4, 0.5) is 4.39 Å². The molecule has 184 valence electrons. The summed E-state index contributed by atoms with van der Waals surface area (Å²) < 4.78 is 27.3. The van der Waals surface area contributed by atoms with E-state index < -0.39 is 22.6 Å². The summed E-state index contributed by atoms with van der Waals surface area (Å²) in [4.78, 5) is 16.8. The van der Waals surface area contributed by atoms with Crippen LogP contribution in [-0.2, 0) is 14.9 Å². The van der Waals surface area contributed by atoms with Gasteiger partial charge in [-0.15, -0.1) is 0 Å². The summed E-state index contributed by atoms with van der Waals surface area (Å²) in [5, 5.41) is 17.7. The van der Waals surface area contributed by atoms with E-state index in [1.165, 1.54) is 13.2 Å². The number of aliphatic carboxylic acids is 1. The summed E-state index contributed by atoms with van der Waals surface area (Å²) in [7, 11) is 3.10. The predicted octanol–water partition coefficient (Wildman–Crippen LogP) is 4.94. The van der Waals surface area contributed by atoms with Crippen molar-refractivity contribution >= 4 is 28.0 Å². The Labute approximate surface area is 202 Å². The SMILES string of the molecule is COCC(C)(C)c1c(C2CC(C)(C(=O)O)C2)c2nc3[nH]ncc3cc2n1-c1ccc(F)c(OC)c1. The van der Waals surface area contributed by atoms with Crippen molar-refractivity contribution in [3.8, 4) is 11.4 Å². The highest BCUT2D eigenvalue weighted by Gasteiger charge is 2.50. The lowest BCUT2D eigenvalue weighted by molar-refractivity contribution is -0.154. The minimum absolute atomic E-state index is 0.00111. The fourth-order valence-corrected chi connectivity index (χ4v) is 5.54. The number of carboxylic acid groups (broad SMARTS) is 1. The monoisotopic (exact) mass is 480 g/mol. The highest BCUT2D eigenvalue weighted by atomic mass is 19.1. The van der Waals surface area contributed by atoms with Crippen LogP contribution in [0.3, 0.4) is 0 Å². The first kappa shape index (κ1) is 23.3. The van der Waals surface area contributed by atoms with Crippen LogP contribution >= 0.6 is 0 Å². The summed E-state index contributed by atoms with van der Waals surface area (Å²) in [5.41, 5.74) is 3.72. The zero-order chi connectivity index (χ0) is 25.1. The van der Waals surface area contributed by atoms with Gasteiger partial charge in [-0.3, -0.25) is 9.89 Å². The zero-order valence-corrected chi connectivity index (χ0v) is 20.5. The Balaban J connectivity index is 1.86. The molecule has 1 fully saturated rings. The first-order valence-electron chi connectivity index (χ1n) is 11.5. The summed E-state index contributed by atoms with van der Waals surface area (Å²) >= 11 is 0. The molecule has 0 saturated heterocycles. The van der Waals surface area contributed by atoms with Crippen LogP contribution in [0.25, 0.3) is 27.8 Å². The molecule has 0 radical (unpaired) electrons. The van der Waals surface area contributed by atoms with E-state index in [1.807, 2.05) is 6.07 Å². The van der Waals surface area contributed by atoms with Crippen molar-refractivity contribution in [2.75, 3.05) is 20.8 Å². The molecule has 5 rings (SSSR count). The number of aromatic amines is 1. The van der Waals surface area contributed by atoms with Crippen LogP contribution in [0.2, 0.25) is 0 Å². The normalized spacial score (nSPS) is 20.3. The number of fused-ring (bicyclic) bond motifs is 2. The van der Waals surface area contributed by atoms with Crippen LogP contribution < -0.4 is 4.74 Å². The maximum atomic E-state index is 14.3. The number of nitrogens with one attached hydrogen (secondary N) is 1. The average molecular weight is 481 g/mol. The molecule has 1 saturated carbocycles. The summed E-state index contributed by atoms with van der Waals surface area (Å²) in [5.74, 6) is -1.10. The van der Waals surface area contributed by atoms with E-state index >= 15 is 0 Å². The van der Waals surface area contributed by atoms with Crippen LogP contribution in [0.1, 0.15) is 50.8 Å². The van der Waals surface area contributed by atoms with Gasteiger partial charge in [-0.2, -0.15) is 5.10 Å². The Kier molecular flexibility index (Phi) is 5.36. The molecule has 35 heavy (non-hydrogen) atoms. The number of nitrogens with zero attached hydrogens (tertiary/aromatic N) is 3. The van der Waals surface area contributed by atoms with Crippen molar-refractivity contribution in [1.82, 2.24) is 19.7 Å². The Hall–Kier alpha value is -3.46. The van der Waals surface area contributed by atoms with Gasteiger partial charge < -0.3 is 19.1 Å². The molecule has 8 nitrogen and oxygen atoms in total. The number of benzene rings is 1. The molecule has 1 aromatic carbocycles. The molecule has 0 amide bonds. The minimum Gasteiger partial charge on any atom is -0.494 e. The summed E-state index contributed by atoms with van der Waals surface area (Å²) in [6, 6.07) is 6.80. The molecule has 4 aromatic rings. The molecule has 0 atom stereocenters. The van der Waals surface area contributed by atoms with E-state index in [-0.39, 0.29) is 11.7 Å². The largest absolute Gasteiger partial charge is 0.494 e. The van der Waals surface area contributed by atoms with Crippen LogP contribution in [0, 0.1) is 11.2 Å². The molecule has 2 N–H and O–H groups in total. The second-order valence-electron chi connectivity index (χ2n) is 10.4. The van der Waals surface area contributed by atoms with Gasteiger partial charge in [-0.05, 0) is 43.9 Å². The van der Waals surface area contributed by atoms with Gasteiger partial charge in [0.25, 0.3) is 0 Å². The van der Waals surface area contributed by atoms with E-state index in [0.717, 1.165) is 33.4 Å². The molecule has 9 heteroatoms. The van der Waals surface area contributed by atoms with Crippen LogP contribution in [0.5, 0.6) is 5.75 Å². The van der Waals surface area contributed by atoms with E-state index in [2.05, 4.69) is 28.6 Å². The van der Waals surface area contributed by atoms with E-state index in [0.29, 0.717) is 25.1 Å². The number of rotatable bonds is 7. The van der Waals surface area contributed by atoms with Crippen molar-refractivity contribution in [2.24, 2.45) is 5.41 Å². The first-order valence-corrected chi connectivity index (χ1v) is 11.5. The number of aromatic nitrogens is 4. The third-order valence-corrected chi connectivity index (χ3v) is 7.24. The second kappa shape index (κ2) is 8.05. The number of H-pyrrole nitrogens is 1. The van der Waals surface area contributed by atoms with Gasteiger partial charge in [0.1, 0.15) is 0 Å². The first-order chi connectivity index (χ1) is 16.6. The number of hydrogen-bond donors (Lipinski definition) is 2. The van der Waals surface area contributed by atoms with Crippen molar-refractivity contribution in [3.05, 3.63) is 47.5 Å². The number of halogens is 1. The fraction of sp³-hybridized carbons (Fsp3) is 0.423. The Bertz CT molecular complexity index is 1450. The maximum Gasteiger partial charge on any atom is 0.309 e. The Morgan fingerprint density at radius 3 is 2.71 bits per heavy atom. The molecule has 3 aromatic heterocycles. The smallest absolute Gasteiger partial charge is 0.309 e. The van der Waals surface area contributed by atoms with Crippen molar-refractivity contribution < 1.29 is 23.8 Å². The van der Waals surface area contributed by atoms with Gasteiger partial charge in [-0.25, -0.2) is 9.37 Å². The molecular formula is C26H29FN4O4. The standard InChI is InChI=1S/C26H29FN4O4/c1-25(2,13-34-4)22-20(15-10-26(3,11-15)24(32)33)21-18(8-14-12-28-30-23(14)29-21)31(22)16-6-7-17(27)19(9-16)35-5/h6-9,12,15H,10-11,13H2,1-5H3,(H,32,33)(H,28,29,30). The number of carbonyl (C=O) groups is 1. The van der Waals surface area contributed by atoms with Gasteiger partial charge in [0, 0.05) is 40.9 Å². The minimum atomic E-state index is -0.789. The molecule has 0 unspecified atom stereocenters. The third-order valence-electron chi connectivity index (χ3n) is 7.24. The Morgan fingerprint density at radius 2 is 2.06 bits per heavy atom. The number of carboxylic acids is 1. The van der Waals surface area contributed by atoms with Crippen LogP contribution in [0.15, 0.2) is 30.5 Å². The topological polar surface area (TPSA) is 102 Å².